The van der Waals surface area contributed by atoms with Crippen molar-refractivity contribution < 1.29 is 14.4 Å². The number of hydrogen-bond donors (Lipinski definition) is 1. The van der Waals surface area contributed by atoms with E-state index in [9.17, 15) is 14.4 Å². The number of hydrogen-bond acceptors (Lipinski definition) is 3. The van der Waals surface area contributed by atoms with Gasteiger partial charge in [0.2, 0.25) is 5.91 Å². The van der Waals surface area contributed by atoms with Gasteiger partial charge in [0.15, 0.2) is 0 Å². The predicted octanol–water partition coefficient (Wildman–Crippen LogP) is 2.35. The van der Waals surface area contributed by atoms with Crippen molar-refractivity contribution in [2.75, 3.05) is 19.6 Å². The van der Waals surface area contributed by atoms with Crippen LogP contribution in [-0.4, -0.2) is 47.3 Å². The lowest BCUT2D eigenvalue weighted by Gasteiger charge is -2.27. The maximum absolute atomic E-state index is 12.4. The first kappa shape index (κ1) is 16.7. The number of likely N-dealkylation sites (tertiary alicyclic amines) is 1. The van der Waals surface area contributed by atoms with Gasteiger partial charge in [-0.15, -0.1) is 0 Å². The van der Waals surface area contributed by atoms with Crippen LogP contribution < -0.4 is 5.32 Å². The highest BCUT2D eigenvalue weighted by Crippen LogP contribution is 2.18. The maximum Gasteiger partial charge on any atom is 0.329 e. The van der Waals surface area contributed by atoms with Gasteiger partial charge in [-0.2, -0.15) is 0 Å². The standard InChI is InChI=1S/C17H18BrN3O3/c18-13-6-4-5-12(9-13)10-14-16(23)21(17(24)19-14)11-15(22)20-7-2-1-3-8-20/h4-6,9-10H,1-3,7-8,11H2,(H,19,24)/b14-10-. The molecule has 2 fully saturated rings. The van der Waals surface area contributed by atoms with Gasteiger partial charge in [0.05, 0.1) is 0 Å². The number of urea groups is 1. The lowest BCUT2D eigenvalue weighted by Crippen LogP contribution is -2.44. The minimum Gasteiger partial charge on any atom is -0.341 e. The average Bonchev–Trinajstić information content (AvgIpc) is 2.83. The van der Waals surface area contributed by atoms with Crippen LogP contribution in [0.2, 0.25) is 0 Å². The summed E-state index contributed by atoms with van der Waals surface area (Å²) in [5.74, 6) is -0.646. The third-order valence-electron chi connectivity index (χ3n) is 4.12. The van der Waals surface area contributed by atoms with Crippen molar-refractivity contribution >= 4 is 39.9 Å². The van der Waals surface area contributed by atoms with Gasteiger partial charge in [-0.05, 0) is 43.0 Å². The zero-order valence-corrected chi connectivity index (χ0v) is 14.7. The molecule has 2 saturated heterocycles. The van der Waals surface area contributed by atoms with Gasteiger partial charge < -0.3 is 10.2 Å². The number of carbonyl (C=O) groups is 3. The molecule has 6 nitrogen and oxygen atoms in total. The Morgan fingerprint density at radius 3 is 2.67 bits per heavy atom. The van der Waals surface area contributed by atoms with Gasteiger partial charge >= 0.3 is 6.03 Å². The second-order valence-corrected chi connectivity index (χ2v) is 6.79. The van der Waals surface area contributed by atoms with E-state index in [-0.39, 0.29) is 18.1 Å². The number of piperidine rings is 1. The zero-order chi connectivity index (χ0) is 17.1. The van der Waals surface area contributed by atoms with Crippen LogP contribution in [0.5, 0.6) is 0 Å². The van der Waals surface area contributed by atoms with Gasteiger partial charge in [-0.25, -0.2) is 9.69 Å². The molecule has 0 aliphatic carbocycles. The van der Waals surface area contributed by atoms with Crippen molar-refractivity contribution in [2.24, 2.45) is 0 Å². The number of benzene rings is 1. The molecule has 0 radical (unpaired) electrons. The highest BCUT2D eigenvalue weighted by atomic mass is 79.9. The molecule has 4 amide bonds. The minimum absolute atomic E-state index is 0.179. The van der Waals surface area contributed by atoms with Gasteiger partial charge in [0.25, 0.3) is 5.91 Å². The highest BCUT2D eigenvalue weighted by molar-refractivity contribution is 9.10. The summed E-state index contributed by atoms with van der Waals surface area (Å²) in [6.45, 7) is 1.19. The predicted molar refractivity (Wildman–Crippen MR) is 92.8 cm³/mol. The molecule has 0 saturated carbocycles. The third-order valence-corrected chi connectivity index (χ3v) is 4.62. The Bertz CT molecular complexity index is 711. The molecule has 0 unspecified atom stereocenters. The molecule has 3 rings (SSSR count). The first-order valence-electron chi connectivity index (χ1n) is 7.92. The van der Waals surface area contributed by atoms with Crippen molar-refractivity contribution in [2.45, 2.75) is 19.3 Å². The number of nitrogens with one attached hydrogen (secondary N) is 1. The molecule has 2 aliphatic heterocycles. The Morgan fingerprint density at radius 2 is 1.96 bits per heavy atom. The second-order valence-electron chi connectivity index (χ2n) is 5.88. The monoisotopic (exact) mass is 391 g/mol. The number of nitrogens with zero attached hydrogens (tertiary/aromatic N) is 2. The first-order valence-corrected chi connectivity index (χ1v) is 8.72. The molecular formula is C17H18BrN3O3. The largest absolute Gasteiger partial charge is 0.341 e. The molecule has 0 aromatic heterocycles. The highest BCUT2D eigenvalue weighted by Gasteiger charge is 2.35. The van der Waals surface area contributed by atoms with E-state index >= 15 is 0 Å². The Kier molecular flexibility index (Phi) is 4.99. The van der Waals surface area contributed by atoms with E-state index in [1.54, 1.807) is 11.0 Å². The van der Waals surface area contributed by atoms with Gasteiger partial charge in [0, 0.05) is 17.6 Å². The molecule has 126 valence electrons. The van der Waals surface area contributed by atoms with Crippen LogP contribution in [0.4, 0.5) is 4.79 Å². The maximum atomic E-state index is 12.4. The summed E-state index contributed by atoms with van der Waals surface area (Å²) < 4.78 is 0.880. The summed E-state index contributed by atoms with van der Waals surface area (Å²) >= 11 is 3.37. The molecular weight excluding hydrogens is 374 g/mol. The fourth-order valence-corrected chi connectivity index (χ4v) is 3.27. The van der Waals surface area contributed by atoms with E-state index in [0.717, 1.165) is 34.2 Å². The van der Waals surface area contributed by atoms with Crippen LogP contribution in [0.1, 0.15) is 24.8 Å². The Morgan fingerprint density at radius 1 is 1.21 bits per heavy atom. The molecule has 0 spiro atoms. The van der Waals surface area contributed by atoms with Crippen LogP contribution in [0.25, 0.3) is 6.08 Å². The Labute approximate surface area is 148 Å². The Hall–Kier alpha value is -2.15. The fraction of sp³-hybridized carbons (Fsp3) is 0.353. The summed E-state index contributed by atoms with van der Waals surface area (Å²) in [6, 6.07) is 6.84. The number of rotatable bonds is 3. The molecule has 1 aromatic rings. The molecule has 24 heavy (non-hydrogen) atoms. The molecule has 2 aliphatic rings. The van der Waals surface area contributed by atoms with Crippen LogP contribution in [0.3, 0.4) is 0 Å². The first-order chi connectivity index (χ1) is 11.5. The smallest absolute Gasteiger partial charge is 0.329 e. The molecule has 0 bridgehead atoms. The molecule has 0 atom stereocenters. The number of halogens is 1. The Balaban J connectivity index is 1.71. The van der Waals surface area contributed by atoms with Crippen LogP contribution in [0.15, 0.2) is 34.4 Å². The quantitative estimate of drug-likeness (QED) is 0.634. The lowest BCUT2D eigenvalue weighted by molar-refractivity contribution is -0.136. The van der Waals surface area contributed by atoms with E-state index in [4.69, 9.17) is 0 Å². The lowest BCUT2D eigenvalue weighted by atomic mass is 10.1. The van der Waals surface area contributed by atoms with E-state index in [0.29, 0.717) is 13.1 Å². The molecule has 7 heteroatoms. The van der Waals surface area contributed by atoms with E-state index in [1.165, 1.54) is 0 Å². The summed E-state index contributed by atoms with van der Waals surface area (Å²) in [4.78, 5) is 39.4. The van der Waals surface area contributed by atoms with Gasteiger partial charge in [-0.3, -0.25) is 9.59 Å². The summed E-state index contributed by atoms with van der Waals surface area (Å²) in [6.07, 6.45) is 4.67. The van der Waals surface area contributed by atoms with Gasteiger partial charge in [-0.1, -0.05) is 28.1 Å². The minimum atomic E-state index is -0.549. The van der Waals surface area contributed by atoms with Crippen LogP contribution in [-0.2, 0) is 9.59 Å². The number of carbonyl (C=O) groups excluding carboxylic acids is 3. The SMILES string of the molecule is O=C(CN1C(=O)N/C(=C\c2cccc(Br)c2)C1=O)N1CCCCC1. The number of amides is 4. The van der Waals surface area contributed by atoms with E-state index in [1.807, 2.05) is 24.3 Å². The summed E-state index contributed by atoms with van der Waals surface area (Å²) in [7, 11) is 0. The van der Waals surface area contributed by atoms with E-state index in [2.05, 4.69) is 21.2 Å². The fourth-order valence-electron chi connectivity index (χ4n) is 2.86. The van der Waals surface area contributed by atoms with Crippen LogP contribution in [0, 0.1) is 0 Å². The van der Waals surface area contributed by atoms with Crippen molar-refractivity contribution in [3.63, 3.8) is 0 Å². The number of imide groups is 1. The molecule has 1 aromatic carbocycles. The zero-order valence-electron chi connectivity index (χ0n) is 13.1. The van der Waals surface area contributed by atoms with Crippen LogP contribution >= 0.6 is 15.9 Å². The third kappa shape index (κ3) is 3.67. The van der Waals surface area contributed by atoms with Crippen molar-refractivity contribution in [1.29, 1.82) is 0 Å². The van der Waals surface area contributed by atoms with Crippen molar-refractivity contribution in [3.8, 4) is 0 Å². The second kappa shape index (κ2) is 7.17. The van der Waals surface area contributed by atoms with Crippen molar-refractivity contribution in [1.82, 2.24) is 15.1 Å². The molecule has 2 heterocycles. The summed E-state index contributed by atoms with van der Waals surface area (Å²) in [5, 5.41) is 2.54. The normalized spacial score (nSPS) is 19.8. The molecule has 1 N–H and O–H groups in total. The van der Waals surface area contributed by atoms with Crippen molar-refractivity contribution in [3.05, 3.63) is 40.0 Å². The topological polar surface area (TPSA) is 69.7 Å². The van der Waals surface area contributed by atoms with E-state index < -0.39 is 11.9 Å². The van der Waals surface area contributed by atoms with Gasteiger partial charge in [0.1, 0.15) is 12.2 Å². The average molecular weight is 392 g/mol. The summed E-state index contributed by atoms with van der Waals surface area (Å²) in [5.41, 5.74) is 0.974.